The predicted octanol–water partition coefficient (Wildman–Crippen LogP) is 5.62. The number of epoxide rings is 1. The van der Waals surface area contributed by atoms with E-state index in [-0.39, 0.29) is 60.1 Å². The van der Waals surface area contributed by atoms with Gasteiger partial charge in [0.05, 0.1) is 25.0 Å². The van der Waals surface area contributed by atoms with Gasteiger partial charge in [-0.2, -0.15) is 0 Å². The maximum Gasteiger partial charge on any atom is 0.350 e. The summed E-state index contributed by atoms with van der Waals surface area (Å²) in [5, 5.41) is 20.9. The number of guanidine groups is 1. The third-order valence-corrected chi connectivity index (χ3v) is 17.6. The van der Waals surface area contributed by atoms with Crippen molar-refractivity contribution >= 4 is 23.5 Å². The molecule has 12 atom stereocenters. The Morgan fingerprint density at radius 2 is 1.94 bits per heavy atom. The Balaban J connectivity index is 1.02. The highest BCUT2D eigenvalue weighted by atomic mass is 16.7. The Morgan fingerprint density at radius 3 is 2.73 bits per heavy atom. The molecular weight excluding hydrogens is 879 g/mol. The van der Waals surface area contributed by atoms with Gasteiger partial charge in [-0.15, -0.1) is 0 Å². The summed E-state index contributed by atoms with van der Waals surface area (Å²) in [4.78, 5) is 50.6. The number of carbonyl (C=O) groups is 3. The molecule has 2 fully saturated rings. The Hall–Kier alpha value is -5.28. The number of Topliss-reactive ketones (excluding diaryl/α,β-unsaturated/α-hetero) is 2. The van der Waals surface area contributed by atoms with Gasteiger partial charge in [-0.1, -0.05) is 86.9 Å². The molecule has 1 saturated carbocycles. The van der Waals surface area contributed by atoms with Crippen LogP contribution in [0.2, 0.25) is 0 Å². The van der Waals surface area contributed by atoms with Crippen LogP contribution in [0.3, 0.4) is 0 Å². The lowest BCUT2D eigenvalue weighted by atomic mass is 9.54. The molecule has 6 aliphatic heterocycles. The lowest BCUT2D eigenvalue weighted by Crippen LogP contribution is -2.53. The molecule has 0 aromatic heterocycles. The van der Waals surface area contributed by atoms with E-state index in [1.807, 2.05) is 44.5 Å². The molecule has 10 aliphatic rings. The molecule has 1 aromatic carbocycles. The number of ether oxygens (including phenoxy) is 2. The Bertz CT molecular complexity index is 2540. The van der Waals surface area contributed by atoms with Crippen LogP contribution in [0, 0.1) is 35.0 Å². The highest BCUT2D eigenvalue weighted by molar-refractivity contribution is 6.33. The minimum absolute atomic E-state index is 0.000922. The van der Waals surface area contributed by atoms with Crippen molar-refractivity contribution in [3.63, 3.8) is 0 Å². The maximum atomic E-state index is 15.7. The van der Waals surface area contributed by atoms with Crippen molar-refractivity contribution in [2.24, 2.45) is 51.5 Å². The number of allylic oxidation sites excluding steroid dienone is 5. The fourth-order valence-electron chi connectivity index (χ4n) is 14.1. The first-order valence-corrected chi connectivity index (χ1v) is 26.2. The highest BCUT2D eigenvalue weighted by Gasteiger charge is 2.85. The van der Waals surface area contributed by atoms with Crippen molar-refractivity contribution in [2.45, 2.75) is 133 Å². The maximum absolute atomic E-state index is 15.7. The standard InChI is InChI=1S/C56H75N9O5/c1-6-61-43-27-35-10-7-13-37-34-12-9-23-54(3,28-33-15-19-45(57)63-30-33)29-36-11-8-14-41-48(36)50(67)56(52(68)69-31-42(43)39(17-16-34)47(35)37)55(70-56,49(41)66)24-21-32(2)26-44(64-53(58)60-5)38-22-25-62-51-40(38)18-20-46(59-4)65-51/h7-8,10-11,14-15,19,21-22,27,30,34,37,39,42-47,59,61-63,65H,6,9,12-13,16-18,20,23-26,28-29,31,57H2,1-5H3,(H3,58,60,64). The Kier molecular flexibility index (Phi) is 13.4. The molecule has 11 rings (SSSR count). The zero-order valence-corrected chi connectivity index (χ0v) is 41.8. The van der Waals surface area contributed by atoms with Crippen molar-refractivity contribution in [3.8, 4) is 0 Å². The van der Waals surface area contributed by atoms with Crippen molar-refractivity contribution in [1.29, 1.82) is 0 Å². The number of hydrogen-bond acceptors (Lipinski definition) is 12. The smallest absolute Gasteiger partial charge is 0.350 e. The van der Waals surface area contributed by atoms with Gasteiger partial charge in [-0.3, -0.25) is 14.6 Å². The van der Waals surface area contributed by atoms with Crippen LogP contribution in [0.1, 0.15) is 118 Å². The molecular formula is C56H75N9O5. The van der Waals surface area contributed by atoms with Gasteiger partial charge in [-0.25, -0.2) is 4.79 Å². The lowest BCUT2D eigenvalue weighted by Gasteiger charge is -2.52. The van der Waals surface area contributed by atoms with Crippen LogP contribution in [0.4, 0.5) is 0 Å². The van der Waals surface area contributed by atoms with Gasteiger partial charge in [0, 0.05) is 49.3 Å². The highest BCUT2D eigenvalue weighted by Crippen LogP contribution is 2.60. The summed E-state index contributed by atoms with van der Waals surface area (Å²) in [5.74, 6) is 1.52. The molecule has 6 bridgehead atoms. The number of hydrogen-bond donors (Lipinski definition) is 8. The zero-order valence-electron chi connectivity index (χ0n) is 41.8. The van der Waals surface area contributed by atoms with Crippen LogP contribution in [-0.4, -0.2) is 92.9 Å². The second-order valence-corrected chi connectivity index (χ2v) is 22.0. The molecule has 4 aliphatic carbocycles. The van der Waals surface area contributed by atoms with Crippen molar-refractivity contribution in [2.75, 3.05) is 33.8 Å². The molecule has 14 heteroatoms. The summed E-state index contributed by atoms with van der Waals surface area (Å²) in [6.45, 7) is 7.99. The van der Waals surface area contributed by atoms with E-state index in [2.05, 4.69) is 81.1 Å². The number of nitrogens with zero attached hydrogens (tertiary/aromatic N) is 1. The number of nitrogens with one attached hydrogen (secondary N) is 6. The third kappa shape index (κ3) is 8.60. The minimum atomic E-state index is -2.12. The second kappa shape index (κ2) is 19.4. The van der Waals surface area contributed by atoms with Crippen LogP contribution in [-0.2, 0) is 20.7 Å². The first kappa shape index (κ1) is 48.4. The van der Waals surface area contributed by atoms with Gasteiger partial charge < -0.3 is 52.8 Å². The number of nitrogens with two attached hydrogens (primary N) is 2. The second-order valence-electron chi connectivity index (χ2n) is 22.0. The van der Waals surface area contributed by atoms with E-state index < -0.39 is 23.0 Å². The summed E-state index contributed by atoms with van der Waals surface area (Å²) < 4.78 is 13.1. The number of aliphatic imine (C=N–C) groups is 1. The molecule has 0 radical (unpaired) electrons. The van der Waals surface area contributed by atoms with Crippen LogP contribution in [0.25, 0.3) is 0 Å². The number of rotatable bonds is 11. The van der Waals surface area contributed by atoms with E-state index in [1.165, 1.54) is 11.1 Å². The van der Waals surface area contributed by atoms with Gasteiger partial charge in [0.15, 0.2) is 17.3 Å². The summed E-state index contributed by atoms with van der Waals surface area (Å²) in [6.07, 6.45) is 27.3. The van der Waals surface area contributed by atoms with Gasteiger partial charge in [0.1, 0.15) is 5.82 Å². The molecule has 1 spiro atoms. The first-order chi connectivity index (χ1) is 33.8. The molecule has 10 N–H and O–H groups in total. The Labute approximate surface area is 413 Å². The van der Waals surface area contributed by atoms with Gasteiger partial charge in [0.2, 0.25) is 5.78 Å². The lowest BCUT2D eigenvalue weighted by molar-refractivity contribution is -0.151. The summed E-state index contributed by atoms with van der Waals surface area (Å²) in [6, 6.07) is 5.36. The topological polar surface area (TPSA) is 210 Å². The SMILES string of the molecule is CCNC1C=C2C=CCC3C4CCCC(C)(CC5=CNC(N)C=C5)Cc5cccc6c5C(=O)C5(OC5(CC=C(C)CC(NC(N)=NC)C5=CCNC7=C5CCC(NC)N7)C6=O)C(=O)OCC1C(CC4)C23. The van der Waals surface area contributed by atoms with Gasteiger partial charge >= 0.3 is 5.97 Å². The third-order valence-electron chi connectivity index (χ3n) is 17.6. The number of fused-ring (bicyclic) bond motifs is 7. The quantitative estimate of drug-likeness (QED) is 0.0339. The molecule has 0 amide bonds. The molecule has 70 heavy (non-hydrogen) atoms. The minimum Gasteiger partial charge on any atom is -0.463 e. The summed E-state index contributed by atoms with van der Waals surface area (Å²) >= 11 is 0. The predicted molar refractivity (Wildman–Crippen MR) is 273 cm³/mol. The fourth-order valence-corrected chi connectivity index (χ4v) is 14.1. The van der Waals surface area contributed by atoms with Crippen molar-refractivity contribution in [1.82, 2.24) is 31.9 Å². The average Bonchev–Trinajstić information content (AvgIpc) is 4.07. The Morgan fingerprint density at radius 1 is 1.09 bits per heavy atom. The number of benzene rings is 1. The van der Waals surface area contributed by atoms with Gasteiger partial charge in [0.25, 0.3) is 5.60 Å². The number of carbonyl (C=O) groups excluding carboxylic acids is 3. The van der Waals surface area contributed by atoms with E-state index >= 15 is 14.4 Å². The summed E-state index contributed by atoms with van der Waals surface area (Å²) in [7, 11) is 3.62. The van der Waals surface area contributed by atoms with E-state index in [4.69, 9.17) is 20.9 Å². The summed E-state index contributed by atoms with van der Waals surface area (Å²) in [5.41, 5.74) is 15.5. The largest absolute Gasteiger partial charge is 0.463 e. The van der Waals surface area contributed by atoms with Crippen LogP contribution >= 0.6 is 0 Å². The van der Waals surface area contributed by atoms with Crippen LogP contribution < -0.4 is 43.4 Å². The van der Waals surface area contributed by atoms with E-state index in [9.17, 15) is 0 Å². The number of likely N-dealkylation sites (N-methyl/N-ethyl adjacent to an activating group) is 1. The van der Waals surface area contributed by atoms with Crippen molar-refractivity contribution < 1.29 is 23.9 Å². The average molecular weight is 954 g/mol. The van der Waals surface area contributed by atoms with E-state index in [1.54, 1.807) is 13.1 Å². The van der Waals surface area contributed by atoms with Crippen LogP contribution in [0.15, 0.2) is 106 Å². The first-order valence-electron chi connectivity index (χ1n) is 26.2. The molecule has 6 heterocycles. The van der Waals surface area contributed by atoms with Crippen LogP contribution in [0.5, 0.6) is 0 Å². The zero-order chi connectivity index (χ0) is 49.0. The normalized spacial score (nSPS) is 36.2. The number of dihydropyridines is 2. The number of esters is 1. The van der Waals surface area contributed by atoms with Gasteiger partial charge in [-0.05, 0) is 141 Å². The van der Waals surface area contributed by atoms with Crippen molar-refractivity contribution in [3.05, 3.63) is 117 Å². The fraction of sp³-hybridized carbons (Fsp3) is 0.571. The molecule has 374 valence electrons. The molecule has 1 aromatic rings. The molecule has 14 nitrogen and oxygen atoms in total. The molecule has 1 saturated heterocycles. The molecule has 12 unspecified atom stereocenters. The van der Waals surface area contributed by atoms with E-state index in [0.29, 0.717) is 54.6 Å². The van der Waals surface area contributed by atoms with E-state index in [0.717, 1.165) is 92.4 Å². The monoisotopic (exact) mass is 954 g/mol. The number of ketones is 2.